The molecule has 6 heteroatoms. The van der Waals surface area contributed by atoms with Crippen molar-refractivity contribution in [3.8, 4) is 0 Å². The summed E-state index contributed by atoms with van der Waals surface area (Å²) in [6, 6.07) is 17.3. The molecule has 1 N–H and O–H groups in total. The van der Waals surface area contributed by atoms with Crippen LogP contribution in [0.4, 0.5) is 5.69 Å². The molecule has 2 aromatic rings. The highest BCUT2D eigenvalue weighted by Crippen LogP contribution is 2.32. The molecule has 4 rings (SSSR count). The number of halogens is 1. The van der Waals surface area contributed by atoms with E-state index in [1.807, 2.05) is 35.2 Å². The third-order valence-electron chi connectivity index (χ3n) is 6.74. The zero-order valence-electron chi connectivity index (χ0n) is 18.5. The predicted molar refractivity (Wildman–Crippen MR) is 129 cm³/mol. The number of rotatable bonds is 7. The van der Waals surface area contributed by atoms with Gasteiger partial charge in [-0.2, -0.15) is 0 Å². The van der Waals surface area contributed by atoms with E-state index in [0.717, 1.165) is 38.0 Å². The smallest absolute Gasteiger partial charge is 0.242 e. The molecule has 0 unspecified atom stereocenters. The van der Waals surface area contributed by atoms with Crippen LogP contribution in [0.2, 0.25) is 5.02 Å². The van der Waals surface area contributed by atoms with Gasteiger partial charge in [-0.3, -0.25) is 14.5 Å². The van der Waals surface area contributed by atoms with Gasteiger partial charge >= 0.3 is 0 Å². The van der Waals surface area contributed by atoms with Crippen LogP contribution in [-0.2, 0) is 16.0 Å². The summed E-state index contributed by atoms with van der Waals surface area (Å²) in [7, 11) is 0. The fourth-order valence-electron chi connectivity index (χ4n) is 5.04. The molecule has 1 aliphatic heterocycles. The van der Waals surface area contributed by atoms with Gasteiger partial charge in [-0.25, -0.2) is 0 Å². The van der Waals surface area contributed by atoms with Gasteiger partial charge in [0.05, 0.1) is 6.04 Å². The lowest BCUT2D eigenvalue weighted by atomic mass is 9.94. The van der Waals surface area contributed by atoms with Crippen LogP contribution in [0.5, 0.6) is 0 Å². The van der Waals surface area contributed by atoms with Gasteiger partial charge in [-0.05, 0) is 48.9 Å². The number of aryl methyl sites for hydroxylation is 1. The maximum Gasteiger partial charge on any atom is 0.242 e. The van der Waals surface area contributed by atoms with Crippen molar-refractivity contribution in [1.29, 1.82) is 0 Å². The standard InChI is InChI=1S/C26H32ClN3O2/c27-22-11-6-12-23(19-22)28-26(32)25(21-9-4-5-10-21)30-17-15-29(16-18-30)24(31)14-13-20-7-2-1-3-8-20/h1-3,6-8,11-12,19,21,25H,4-5,9-10,13-18H2,(H,28,32)/t25-/m0/s1. The number of anilines is 1. The monoisotopic (exact) mass is 453 g/mol. The highest BCUT2D eigenvalue weighted by molar-refractivity contribution is 6.30. The molecule has 1 saturated carbocycles. The average Bonchev–Trinajstić information content (AvgIpc) is 3.33. The third kappa shape index (κ3) is 5.90. The van der Waals surface area contributed by atoms with Gasteiger partial charge in [0.15, 0.2) is 0 Å². The van der Waals surface area contributed by atoms with Gasteiger partial charge in [-0.1, -0.05) is 60.8 Å². The number of hydrogen-bond acceptors (Lipinski definition) is 3. The van der Waals surface area contributed by atoms with Crippen LogP contribution >= 0.6 is 11.6 Å². The van der Waals surface area contributed by atoms with E-state index in [1.54, 1.807) is 12.1 Å². The van der Waals surface area contributed by atoms with E-state index in [9.17, 15) is 9.59 Å². The normalized spacial score (nSPS) is 18.5. The number of carbonyl (C=O) groups is 2. The molecule has 1 aliphatic carbocycles. The van der Waals surface area contributed by atoms with Crippen molar-refractivity contribution in [2.45, 2.75) is 44.6 Å². The summed E-state index contributed by atoms with van der Waals surface area (Å²) >= 11 is 6.09. The molecular weight excluding hydrogens is 422 g/mol. The second-order valence-electron chi connectivity index (χ2n) is 8.89. The van der Waals surface area contributed by atoms with Gasteiger partial charge in [0.25, 0.3) is 0 Å². The number of piperazine rings is 1. The van der Waals surface area contributed by atoms with Crippen molar-refractivity contribution in [1.82, 2.24) is 9.80 Å². The summed E-state index contributed by atoms with van der Waals surface area (Å²) < 4.78 is 0. The first-order valence-electron chi connectivity index (χ1n) is 11.7. The zero-order chi connectivity index (χ0) is 22.3. The van der Waals surface area contributed by atoms with E-state index < -0.39 is 0 Å². The Morgan fingerprint density at radius 3 is 2.38 bits per heavy atom. The molecule has 1 heterocycles. The maximum atomic E-state index is 13.3. The fourth-order valence-corrected chi connectivity index (χ4v) is 5.23. The third-order valence-corrected chi connectivity index (χ3v) is 6.97. The average molecular weight is 454 g/mol. The van der Waals surface area contributed by atoms with E-state index in [4.69, 9.17) is 11.6 Å². The molecular formula is C26H32ClN3O2. The van der Waals surface area contributed by atoms with Crippen molar-refractivity contribution in [3.05, 3.63) is 65.2 Å². The van der Waals surface area contributed by atoms with Crippen molar-refractivity contribution in [2.24, 2.45) is 5.92 Å². The number of hydrogen-bond donors (Lipinski definition) is 1. The van der Waals surface area contributed by atoms with E-state index in [-0.39, 0.29) is 17.9 Å². The number of amides is 2. The Bertz CT molecular complexity index is 906. The van der Waals surface area contributed by atoms with Gasteiger partial charge in [0.1, 0.15) is 0 Å². The van der Waals surface area contributed by atoms with Gasteiger partial charge < -0.3 is 10.2 Å². The molecule has 2 aliphatic rings. The van der Waals surface area contributed by atoms with Crippen LogP contribution in [-0.4, -0.2) is 53.8 Å². The molecule has 0 radical (unpaired) electrons. The zero-order valence-corrected chi connectivity index (χ0v) is 19.3. The molecule has 0 aromatic heterocycles. The molecule has 5 nitrogen and oxygen atoms in total. The van der Waals surface area contributed by atoms with Crippen molar-refractivity contribution < 1.29 is 9.59 Å². The highest BCUT2D eigenvalue weighted by atomic mass is 35.5. The van der Waals surface area contributed by atoms with Crippen LogP contribution in [0.25, 0.3) is 0 Å². The van der Waals surface area contributed by atoms with E-state index in [2.05, 4.69) is 22.3 Å². The minimum atomic E-state index is -0.155. The Balaban J connectivity index is 1.35. The van der Waals surface area contributed by atoms with Gasteiger partial charge in [0.2, 0.25) is 11.8 Å². The molecule has 2 amide bonds. The van der Waals surface area contributed by atoms with Gasteiger partial charge in [0, 0.05) is 43.3 Å². The van der Waals surface area contributed by atoms with Crippen molar-refractivity contribution >= 4 is 29.1 Å². The Morgan fingerprint density at radius 2 is 1.69 bits per heavy atom. The Kier molecular flexibility index (Phi) is 7.82. The minimum Gasteiger partial charge on any atom is -0.340 e. The Hall–Kier alpha value is -2.37. The lowest BCUT2D eigenvalue weighted by molar-refractivity contribution is -0.134. The number of nitrogens with one attached hydrogen (secondary N) is 1. The van der Waals surface area contributed by atoms with Crippen LogP contribution in [0.15, 0.2) is 54.6 Å². The summed E-state index contributed by atoms with van der Waals surface area (Å²) in [4.78, 5) is 30.3. The maximum absolute atomic E-state index is 13.3. The summed E-state index contributed by atoms with van der Waals surface area (Å²) in [6.07, 6.45) is 5.85. The van der Waals surface area contributed by atoms with Crippen LogP contribution in [0.3, 0.4) is 0 Å². The van der Waals surface area contributed by atoms with Crippen LogP contribution in [0.1, 0.15) is 37.7 Å². The molecule has 0 bridgehead atoms. The van der Waals surface area contributed by atoms with Gasteiger partial charge in [-0.15, -0.1) is 0 Å². The summed E-state index contributed by atoms with van der Waals surface area (Å²) in [5.41, 5.74) is 1.93. The number of benzene rings is 2. The molecule has 2 fully saturated rings. The number of nitrogens with zero attached hydrogens (tertiary/aromatic N) is 2. The first kappa shape index (κ1) is 22.8. The Morgan fingerprint density at radius 1 is 0.969 bits per heavy atom. The first-order chi connectivity index (χ1) is 15.6. The molecule has 1 saturated heterocycles. The SMILES string of the molecule is O=C(Nc1cccc(Cl)c1)[C@H](C1CCCC1)N1CCN(C(=O)CCc2ccccc2)CC1. The second-order valence-corrected chi connectivity index (χ2v) is 9.33. The van der Waals surface area contributed by atoms with E-state index in [0.29, 0.717) is 30.5 Å². The minimum absolute atomic E-state index is 0.0445. The summed E-state index contributed by atoms with van der Waals surface area (Å²) in [5.74, 6) is 0.617. The second kappa shape index (κ2) is 11.0. The topological polar surface area (TPSA) is 52.7 Å². The first-order valence-corrected chi connectivity index (χ1v) is 12.1. The molecule has 32 heavy (non-hydrogen) atoms. The van der Waals surface area contributed by atoms with Crippen molar-refractivity contribution in [3.63, 3.8) is 0 Å². The largest absolute Gasteiger partial charge is 0.340 e. The lowest BCUT2D eigenvalue weighted by Gasteiger charge is -2.40. The highest BCUT2D eigenvalue weighted by Gasteiger charge is 2.37. The lowest BCUT2D eigenvalue weighted by Crippen LogP contribution is -2.57. The summed E-state index contributed by atoms with van der Waals surface area (Å²) in [5, 5.41) is 3.70. The van der Waals surface area contributed by atoms with Crippen LogP contribution in [0, 0.1) is 5.92 Å². The van der Waals surface area contributed by atoms with Crippen LogP contribution < -0.4 is 5.32 Å². The fraction of sp³-hybridized carbons (Fsp3) is 0.462. The molecule has 0 spiro atoms. The quantitative estimate of drug-likeness (QED) is 0.665. The molecule has 2 aromatic carbocycles. The Labute approximate surface area is 195 Å². The molecule has 170 valence electrons. The summed E-state index contributed by atoms with van der Waals surface area (Å²) in [6.45, 7) is 2.84. The predicted octanol–water partition coefficient (Wildman–Crippen LogP) is 4.61. The van der Waals surface area contributed by atoms with Crippen molar-refractivity contribution in [2.75, 3.05) is 31.5 Å². The number of carbonyl (C=O) groups excluding carboxylic acids is 2. The van der Waals surface area contributed by atoms with E-state index >= 15 is 0 Å². The molecule has 1 atom stereocenters. The van der Waals surface area contributed by atoms with E-state index in [1.165, 1.54) is 18.4 Å².